The van der Waals surface area contributed by atoms with E-state index in [2.05, 4.69) is 228 Å². The third kappa shape index (κ3) is 5.90. The summed E-state index contributed by atoms with van der Waals surface area (Å²) in [6, 6.07) is 80.7. The molecule has 0 saturated heterocycles. The van der Waals surface area contributed by atoms with Crippen molar-refractivity contribution in [3.05, 3.63) is 231 Å². The normalized spacial score (nSPS) is 11.6. The second kappa shape index (κ2) is 14.3. The molecule has 0 saturated carbocycles. The summed E-state index contributed by atoms with van der Waals surface area (Å²) < 4.78 is 8.79. The maximum absolute atomic E-state index is 6.42. The fourth-order valence-electron chi connectivity index (χ4n) is 9.35. The Morgan fingerprint density at radius 2 is 0.951 bits per heavy atom. The van der Waals surface area contributed by atoms with Crippen LogP contribution in [0.5, 0.6) is 0 Å². The molecule has 3 aromatic heterocycles. The lowest BCUT2D eigenvalue weighted by Crippen LogP contribution is -2.10. The van der Waals surface area contributed by atoms with Crippen molar-refractivity contribution >= 4 is 66.2 Å². The van der Waals surface area contributed by atoms with Gasteiger partial charge in [-0.2, -0.15) is 0 Å². The Morgan fingerprint density at radius 1 is 0.361 bits per heavy atom. The van der Waals surface area contributed by atoms with Crippen LogP contribution in [0.4, 0.5) is 17.1 Å². The van der Waals surface area contributed by atoms with Crippen LogP contribution < -0.4 is 4.90 Å². The van der Waals surface area contributed by atoms with Crippen LogP contribution in [-0.2, 0) is 0 Å². The van der Waals surface area contributed by atoms with Gasteiger partial charge in [0, 0.05) is 56.6 Å². The van der Waals surface area contributed by atoms with E-state index in [1.165, 1.54) is 55.0 Å². The van der Waals surface area contributed by atoms with E-state index in [0.717, 1.165) is 55.7 Å². The van der Waals surface area contributed by atoms with Crippen molar-refractivity contribution in [2.75, 3.05) is 4.90 Å². The Hall–Kier alpha value is -8.14. The number of para-hydroxylation sites is 1. The molecule has 0 aliphatic rings. The monoisotopic (exact) mass is 778 g/mol. The molecular weight excluding hydrogens is 741 g/mol. The van der Waals surface area contributed by atoms with Gasteiger partial charge in [0.05, 0.1) is 11.0 Å². The molecule has 9 aromatic carbocycles. The number of hydrogen-bond acceptors (Lipinski definition) is 2. The summed E-state index contributed by atoms with van der Waals surface area (Å²) in [6.07, 6.45) is 2.20. The Balaban J connectivity index is 0.978. The zero-order valence-electron chi connectivity index (χ0n) is 33.2. The minimum atomic E-state index is 0.865. The molecule has 0 bridgehead atoms. The minimum Gasteiger partial charge on any atom is -0.456 e. The third-order valence-corrected chi connectivity index (χ3v) is 12.2. The maximum atomic E-state index is 6.42. The second-order valence-electron chi connectivity index (χ2n) is 15.7. The molecule has 0 N–H and O–H groups in total. The van der Waals surface area contributed by atoms with E-state index >= 15 is 0 Å². The standard InChI is InChI=1S/C58H38N2O/c1-3-14-39(15-4-1)44-19-11-21-46(36-44)60(48-32-33-52-51-24-9-10-26-54(51)61-55(52)38-48)47-22-12-20-45(37-47)40-27-29-42(30-28-40)50-25-13-35-59-53-34-31-41-16-7-8-23-49(41)57(53)56(58(50)59)43-17-5-2-6-18-43/h1-38H. The van der Waals surface area contributed by atoms with Gasteiger partial charge >= 0.3 is 0 Å². The Labute approximate surface area is 353 Å². The highest BCUT2D eigenvalue weighted by Crippen LogP contribution is 2.44. The van der Waals surface area contributed by atoms with Crippen LogP contribution in [0.15, 0.2) is 235 Å². The summed E-state index contributed by atoms with van der Waals surface area (Å²) in [5.74, 6) is 0. The number of anilines is 3. The molecule has 0 unspecified atom stereocenters. The summed E-state index contributed by atoms with van der Waals surface area (Å²) in [7, 11) is 0. The van der Waals surface area contributed by atoms with Crippen molar-refractivity contribution in [3.63, 3.8) is 0 Å². The summed E-state index contributed by atoms with van der Waals surface area (Å²) in [6.45, 7) is 0. The van der Waals surface area contributed by atoms with Crippen molar-refractivity contribution in [1.29, 1.82) is 0 Å². The molecule has 12 aromatic rings. The van der Waals surface area contributed by atoms with Gasteiger partial charge in [0.15, 0.2) is 0 Å². The zero-order valence-corrected chi connectivity index (χ0v) is 33.2. The number of hydrogen-bond donors (Lipinski definition) is 0. The summed E-state index contributed by atoms with van der Waals surface area (Å²) in [4.78, 5) is 2.34. The van der Waals surface area contributed by atoms with Crippen LogP contribution in [0.1, 0.15) is 0 Å². The summed E-state index contributed by atoms with van der Waals surface area (Å²) in [5, 5.41) is 6.03. The molecule has 3 nitrogen and oxygen atoms in total. The first kappa shape index (κ1) is 34.9. The quantitative estimate of drug-likeness (QED) is 0.161. The predicted octanol–water partition coefficient (Wildman–Crippen LogP) is 16.3. The highest BCUT2D eigenvalue weighted by Gasteiger charge is 2.21. The lowest BCUT2D eigenvalue weighted by molar-refractivity contribution is 0.669. The molecule has 286 valence electrons. The number of pyridine rings is 1. The fourth-order valence-corrected chi connectivity index (χ4v) is 9.35. The van der Waals surface area contributed by atoms with E-state index in [-0.39, 0.29) is 0 Å². The van der Waals surface area contributed by atoms with Gasteiger partial charge in [0.25, 0.3) is 0 Å². The second-order valence-corrected chi connectivity index (χ2v) is 15.7. The molecule has 0 aliphatic heterocycles. The third-order valence-electron chi connectivity index (χ3n) is 12.2. The maximum Gasteiger partial charge on any atom is 0.137 e. The fraction of sp³-hybridized carbons (Fsp3) is 0. The molecule has 3 heteroatoms. The number of fused-ring (bicyclic) bond motifs is 8. The number of benzene rings is 9. The van der Waals surface area contributed by atoms with Crippen LogP contribution in [0.3, 0.4) is 0 Å². The molecule has 0 spiro atoms. The number of furan rings is 1. The van der Waals surface area contributed by atoms with Crippen LogP contribution >= 0.6 is 0 Å². The van der Waals surface area contributed by atoms with Gasteiger partial charge in [-0.05, 0) is 98.8 Å². The molecule has 12 rings (SSSR count). The number of nitrogens with zero attached hydrogens (tertiary/aromatic N) is 2. The van der Waals surface area contributed by atoms with E-state index in [1.807, 2.05) is 12.1 Å². The largest absolute Gasteiger partial charge is 0.456 e. The van der Waals surface area contributed by atoms with Crippen molar-refractivity contribution in [1.82, 2.24) is 4.40 Å². The molecule has 61 heavy (non-hydrogen) atoms. The van der Waals surface area contributed by atoms with Gasteiger partial charge in [-0.3, -0.25) is 0 Å². The first-order chi connectivity index (χ1) is 30.2. The van der Waals surface area contributed by atoms with Gasteiger partial charge in [0.2, 0.25) is 0 Å². The first-order valence-corrected chi connectivity index (χ1v) is 20.8. The van der Waals surface area contributed by atoms with Crippen molar-refractivity contribution in [2.24, 2.45) is 0 Å². The Morgan fingerprint density at radius 3 is 1.70 bits per heavy atom. The highest BCUT2D eigenvalue weighted by molar-refractivity contribution is 6.20. The number of aromatic nitrogens is 1. The highest BCUT2D eigenvalue weighted by atomic mass is 16.3. The molecule has 0 amide bonds. The molecule has 3 heterocycles. The van der Waals surface area contributed by atoms with Crippen LogP contribution in [0, 0.1) is 0 Å². The molecule has 0 atom stereocenters. The van der Waals surface area contributed by atoms with E-state index in [9.17, 15) is 0 Å². The molecule has 0 aliphatic carbocycles. The topological polar surface area (TPSA) is 20.8 Å². The Kier molecular flexibility index (Phi) is 8.17. The molecular formula is C58H38N2O. The van der Waals surface area contributed by atoms with E-state index in [0.29, 0.717) is 0 Å². The lowest BCUT2D eigenvalue weighted by atomic mass is 9.94. The molecule has 0 fully saturated rings. The van der Waals surface area contributed by atoms with Gasteiger partial charge in [0.1, 0.15) is 11.2 Å². The van der Waals surface area contributed by atoms with Gasteiger partial charge in [-0.25, -0.2) is 0 Å². The lowest BCUT2D eigenvalue weighted by Gasteiger charge is -2.26. The van der Waals surface area contributed by atoms with Gasteiger partial charge < -0.3 is 13.7 Å². The van der Waals surface area contributed by atoms with Crippen molar-refractivity contribution in [2.45, 2.75) is 0 Å². The van der Waals surface area contributed by atoms with Gasteiger partial charge in [-0.1, -0.05) is 164 Å². The van der Waals surface area contributed by atoms with Crippen LogP contribution in [0.25, 0.3) is 93.6 Å². The van der Waals surface area contributed by atoms with Crippen LogP contribution in [-0.4, -0.2) is 4.40 Å². The average Bonchev–Trinajstić information content (AvgIpc) is 3.88. The predicted molar refractivity (Wildman–Crippen MR) is 256 cm³/mol. The average molecular weight is 779 g/mol. The van der Waals surface area contributed by atoms with Crippen molar-refractivity contribution < 1.29 is 4.42 Å². The first-order valence-electron chi connectivity index (χ1n) is 20.8. The van der Waals surface area contributed by atoms with E-state index < -0.39 is 0 Å². The molecule has 0 radical (unpaired) electrons. The van der Waals surface area contributed by atoms with E-state index in [1.54, 1.807) is 0 Å². The zero-order chi connectivity index (χ0) is 40.3. The minimum absolute atomic E-state index is 0.865. The smallest absolute Gasteiger partial charge is 0.137 e. The number of rotatable bonds is 7. The Bertz CT molecular complexity index is 3580. The van der Waals surface area contributed by atoms with E-state index in [4.69, 9.17) is 4.42 Å². The van der Waals surface area contributed by atoms with Gasteiger partial charge in [-0.15, -0.1) is 0 Å². The summed E-state index contributed by atoms with van der Waals surface area (Å²) >= 11 is 0. The van der Waals surface area contributed by atoms with Crippen molar-refractivity contribution in [3.8, 4) is 44.5 Å². The van der Waals surface area contributed by atoms with Crippen LogP contribution in [0.2, 0.25) is 0 Å². The SMILES string of the molecule is c1ccc(-c2cccc(N(c3cccc(-c4ccc(-c5cccn6c5c(-c5ccccc5)c5c7ccccc7ccc56)cc4)c3)c3ccc4c(c3)oc3ccccc34)c2)cc1. The summed E-state index contributed by atoms with van der Waals surface area (Å²) in [5.41, 5.74) is 16.8.